The summed E-state index contributed by atoms with van der Waals surface area (Å²) in [7, 11) is 0. The van der Waals surface area contributed by atoms with Crippen LogP contribution in [0.2, 0.25) is 0 Å². The Morgan fingerprint density at radius 1 is 0.500 bits per heavy atom. The van der Waals surface area contributed by atoms with Gasteiger partial charge in [0.05, 0.1) is 33.8 Å². The molecule has 6 heteroatoms. The number of hydrazine groups is 2. The molecular weight excluding hydrogens is 559 g/mol. The Labute approximate surface area is 259 Å². The predicted octanol–water partition coefficient (Wildman–Crippen LogP) is 9.55. The van der Waals surface area contributed by atoms with Gasteiger partial charge in [-0.2, -0.15) is 0 Å². The second kappa shape index (κ2) is 10.1. The smallest absolute Gasteiger partial charge is 0.0756 e. The third-order valence-corrected chi connectivity index (χ3v) is 9.51. The van der Waals surface area contributed by atoms with Gasteiger partial charge in [0.2, 0.25) is 0 Å². The first-order chi connectivity index (χ1) is 21.8. The van der Waals surface area contributed by atoms with Crippen molar-refractivity contribution in [3.05, 3.63) is 157 Å². The lowest BCUT2D eigenvalue weighted by atomic mass is 10.1. The van der Waals surface area contributed by atoms with Crippen LogP contribution in [-0.2, 0) is 0 Å². The monoisotopic (exact) mass is 585 g/mol. The van der Waals surface area contributed by atoms with E-state index in [0.29, 0.717) is 0 Å². The third-order valence-electron chi connectivity index (χ3n) is 8.38. The highest BCUT2D eigenvalue weighted by Crippen LogP contribution is 2.51. The zero-order chi connectivity index (χ0) is 29.0. The van der Waals surface area contributed by atoms with Gasteiger partial charge in [-0.15, -0.1) is 5.53 Å². The van der Waals surface area contributed by atoms with Gasteiger partial charge in [-0.05, 0) is 66.7 Å². The molecule has 7 aromatic rings. The van der Waals surface area contributed by atoms with Gasteiger partial charge in [-0.3, -0.25) is 5.01 Å². The highest BCUT2D eigenvalue weighted by Gasteiger charge is 2.25. The highest BCUT2D eigenvalue weighted by atomic mass is 32.2. The van der Waals surface area contributed by atoms with Crippen molar-refractivity contribution in [2.24, 2.45) is 0 Å². The topological polar surface area (TPSA) is 35.5 Å². The third kappa shape index (κ3) is 4.00. The van der Waals surface area contributed by atoms with E-state index in [1.165, 1.54) is 43.0 Å². The van der Waals surface area contributed by atoms with Gasteiger partial charge in [0.25, 0.3) is 0 Å². The lowest BCUT2D eigenvalue weighted by Gasteiger charge is -2.33. The van der Waals surface area contributed by atoms with Gasteiger partial charge in [0.15, 0.2) is 0 Å². The van der Waals surface area contributed by atoms with E-state index in [1.807, 2.05) is 16.8 Å². The zero-order valence-corrected chi connectivity index (χ0v) is 24.5. The largest absolute Gasteiger partial charge is 0.309 e. The summed E-state index contributed by atoms with van der Waals surface area (Å²) in [6.07, 6.45) is 2.11. The molecule has 44 heavy (non-hydrogen) atoms. The lowest BCUT2D eigenvalue weighted by Crippen LogP contribution is -2.36. The van der Waals surface area contributed by atoms with Crippen molar-refractivity contribution in [2.75, 3.05) is 9.91 Å². The number of hydrogen-bond donors (Lipinski definition) is 2. The maximum absolute atomic E-state index is 3.38. The fourth-order valence-corrected chi connectivity index (χ4v) is 7.41. The molecule has 0 saturated carbocycles. The van der Waals surface area contributed by atoms with Crippen LogP contribution in [0.25, 0.3) is 33.2 Å². The summed E-state index contributed by atoms with van der Waals surface area (Å²) in [5.41, 5.74) is 16.9. The first kappa shape index (κ1) is 25.1. The van der Waals surface area contributed by atoms with E-state index >= 15 is 0 Å². The standard InChI is InChI=1S/C38H27N5S/c1-3-14-33-30(12-1)31-13-2-4-15-34(31)42(33)27-22-20-26(21-23-27)32-25-41(40-39-32)28-10-9-11-29(24-28)43-35-16-5-7-18-37(35)44-38-19-8-6-17-36(38)43/h1-25,39-40H. The van der Waals surface area contributed by atoms with Crippen molar-refractivity contribution >= 4 is 62.0 Å². The molecule has 0 fully saturated rings. The molecule has 0 amide bonds. The van der Waals surface area contributed by atoms with Crippen molar-refractivity contribution < 1.29 is 0 Å². The molecule has 0 aliphatic carbocycles. The summed E-state index contributed by atoms with van der Waals surface area (Å²) < 4.78 is 2.34. The number of aromatic nitrogens is 1. The summed E-state index contributed by atoms with van der Waals surface area (Å²) in [6.45, 7) is 0. The molecule has 0 bridgehead atoms. The summed E-state index contributed by atoms with van der Waals surface area (Å²) in [5, 5.41) is 4.57. The molecule has 5 nitrogen and oxygen atoms in total. The van der Waals surface area contributed by atoms with E-state index in [1.54, 1.807) is 0 Å². The minimum atomic E-state index is 1.01. The van der Waals surface area contributed by atoms with E-state index in [4.69, 9.17) is 0 Å². The maximum atomic E-state index is 3.38. The SMILES string of the molecule is C1=C(c2ccc(-n3c4ccccc4c4ccccc43)cc2)NNN1c1cccc(N2c3ccccc3Sc3ccccc32)c1. The minimum absolute atomic E-state index is 1.01. The van der Waals surface area contributed by atoms with E-state index in [9.17, 15) is 0 Å². The van der Waals surface area contributed by atoms with Crippen LogP contribution >= 0.6 is 11.8 Å². The molecule has 0 saturated heterocycles. The molecular formula is C38H27N5S. The average molecular weight is 586 g/mol. The molecule has 0 atom stereocenters. The van der Waals surface area contributed by atoms with E-state index in [-0.39, 0.29) is 0 Å². The highest BCUT2D eigenvalue weighted by molar-refractivity contribution is 7.99. The molecule has 3 heterocycles. The summed E-state index contributed by atoms with van der Waals surface area (Å²) in [5.74, 6) is 0. The molecule has 210 valence electrons. The Bertz CT molecular complexity index is 2130. The first-order valence-corrected chi connectivity index (χ1v) is 15.5. The number of anilines is 4. The molecule has 0 radical (unpaired) electrons. The summed E-state index contributed by atoms with van der Waals surface area (Å²) >= 11 is 1.82. The molecule has 6 aromatic carbocycles. The van der Waals surface area contributed by atoms with Crippen LogP contribution in [0.1, 0.15) is 5.56 Å². The fraction of sp³-hybridized carbons (Fsp3) is 0. The zero-order valence-electron chi connectivity index (χ0n) is 23.7. The number of nitrogens with zero attached hydrogens (tertiary/aromatic N) is 3. The quantitative estimate of drug-likeness (QED) is 0.215. The van der Waals surface area contributed by atoms with Crippen LogP contribution in [0.4, 0.5) is 22.7 Å². The molecule has 0 unspecified atom stereocenters. The van der Waals surface area contributed by atoms with Crippen molar-refractivity contribution in [3.8, 4) is 5.69 Å². The number of hydrogen-bond acceptors (Lipinski definition) is 5. The molecule has 1 aromatic heterocycles. The van der Waals surface area contributed by atoms with Crippen molar-refractivity contribution in [1.82, 2.24) is 15.5 Å². The molecule has 0 spiro atoms. The number of nitrogens with one attached hydrogen (secondary N) is 2. The first-order valence-electron chi connectivity index (χ1n) is 14.7. The van der Waals surface area contributed by atoms with Crippen molar-refractivity contribution in [1.29, 1.82) is 0 Å². The van der Waals surface area contributed by atoms with Gasteiger partial charge < -0.3 is 14.9 Å². The Kier molecular flexibility index (Phi) is 5.76. The maximum Gasteiger partial charge on any atom is 0.0756 e. The van der Waals surface area contributed by atoms with Crippen LogP contribution in [0.15, 0.2) is 162 Å². The predicted molar refractivity (Wildman–Crippen MR) is 183 cm³/mol. The number of rotatable bonds is 4. The minimum Gasteiger partial charge on any atom is -0.309 e. The molecule has 9 rings (SSSR count). The van der Waals surface area contributed by atoms with Crippen molar-refractivity contribution in [2.45, 2.75) is 9.79 Å². The number of para-hydroxylation sites is 4. The summed E-state index contributed by atoms with van der Waals surface area (Å²) in [6, 6.07) is 51.8. The van der Waals surface area contributed by atoms with Crippen LogP contribution in [-0.4, -0.2) is 4.57 Å². The van der Waals surface area contributed by atoms with Crippen LogP contribution in [0.3, 0.4) is 0 Å². The van der Waals surface area contributed by atoms with Gasteiger partial charge in [0.1, 0.15) is 0 Å². The van der Waals surface area contributed by atoms with Crippen molar-refractivity contribution in [3.63, 3.8) is 0 Å². The Hall–Kier alpha value is -5.43. The second-order valence-corrected chi connectivity index (χ2v) is 12.0. The molecule has 2 aliphatic rings. The van der Waals surface area contributed by atoms with Crippen LogP contribution in [0, 0.1) is 0 Å². The number of benzene rings is 6. The van der Waals surface area contributed by atoms with Gasteiger partial charge >= 0.3 is 0 Å². The number of fused-ring (bicyclic) bond motifs is 5. The fourth-order valence-electron chi connectivity index (χ4n) is 6.36. The molecule has 2 aliphatic heterocycles. The summed E-state index contributed by atoms with van der Waals surface area (Å²) in [4.78, 5) is 4.86. The molecule has 2 N–H and O–H groups in total. The van der Waals surface area contributed by atoms with Gasteiger partial charge in [0, 0.05) is 43.7 Å². The Balaban J connectivity index is 1.04. The second-order valence-electron chi connectivity index (χ2n) is 11.0. The van der Waals surface area contributed by atoms with Crippen LogP contribution < -0.4 is 20.9 Å². The van der Waals surface area contributed by atoms with Gasteiger partial charge in [-0.1, -0.05) is 90.6 Å². The van der Waals surface area contributed by atoms with E-state index in [2.05, 4.69) is 172 Å². The average Bonchev–Trinajstić information content (AvgIpc) is 3.71. The van der Waals surface area contributed by atoms with E-state index in [0.717, 1.165) is 28.3 Å². The normalized spacial score (nSPS) is 14.0. The van der Waals surface area contributed by atoms with Gasteiger partial charge in [-0.25, -0.2) is 0 Å². The van der Waals surface area contributed by atoms with Crippen LogP contribution in [0.5, 0.6) is 0 Å². The van der Waals surface area contributed by atoms with E-state index < -0.39 is 0 Å². The lowest BCUT2D eigenvalue weighted by molar-refractivity contribution is 0.689. The Morgan fingerprint density at radius 3 is 1.77 bits per heavy atom. The Morgan fingerprint density at radius 2 is 1.09 bits per heavy atom.